The molecule has 116 valence electrons. The Morgan fingerprint density at radius 3 is 2.43 bits per heavy atom. The molecule has 3 heteroatoms. The van der Waals surface area contributed by atoms with Gasteiger partial charge in [-0.3, -0.25) is 0 Å². The molecule has 0 N–H and O–H groups in total. The number of nitrogens with zero attached hydrogens (tertiary/aromatic N) is 1. The molecule has 0 aliphatic heterocycles. The highest BCUT2D eigenvalue weighted by Gasteiger charge is 2.71. The van der Waals surface area contributed by atoms with E-state index in [0.717, 1.165) is 42.0 Å². The van der Waals surface area contributed by atoms with Crippen LogP contribution in [0.4, 0.5) is 0 Å². The molecule has 1 heterocycles. The molecule has 0 spiro atoms. The Hall–Kier alpha value is -2.29. The highest BCUT2D eigenvalue weighted by Crippen LogP contribution is 2.73. The summed E-state index contributed by atoms with van der Waals surface area (Å²) in [5, 5.41) is 0. The molecule has 2 bridgehead atoms. The van der Waals surface area contributed by atoms with E-state index in [-0.39, 0.29) is 5.41 Å². The van der Waals surface area contributed by atoms with Crippen molar-refractivity contribution in [3.63, 3.8) is 0 Å². The van der Waals surface area contributed by atoms with Gasteiger partial charge in [-0.15, -0.1) is 0 Å². The van der Waals surface area contributed by atoms with E-state index < -0.39 is 0 Å². The highest BCUT2D eigenvalue weighted by molar-refractivity contribution is 5.73. The molecule has 3 aromatic rings. The minimum Gasteiger partial charge on any atom is -0.497 e. The van der Waals surface area contributed by atoms with Gasteiger partial charge in [-0.1, -0.05) is 18.2 Å². The van der Waals surface area contributed by atoms with E-state index in [0.29, 0.717) is 5.41 Å². The van der Waals surface area contributed by atoms with E-state index in [4.69, 9.17) is 14.1 Å². The molecule has 0 atom stereocenters. The Morgan fingerprint density at radius 2 is 1.74 bits per heavy atom. The Kier molecular flexibility index (Phi) is 2.39. The van der Waals surface area contributed by atoms with Crippen LogP contribution < -0.4 is 4.74 Å². The van der Waals surface area contributed by atoms with Crippen molar-refractivity contribution in [2.75, 3.05) is 7.11 Å². The smallest absolute Gasteiger partial charge is 0.201 e. The molecule has 3 saturated carbocycles. The number of hydrogen-bond donors (Lipinski definition) is 0. The zero-order valence-electron chi connectivity index (χ0n) is 13.4. The summed E-state index contributed by atoms with van der Waals surface area (Å²) >= 11 is 0. The lowest BCUT2D eigenvalue weighted by Gasteiger charge is -2.69. The first-order valence-corrected chi connectivity index (χ1v) is 8.15. The van der Waals surface area contributed by atoms with Crippen LogP contribution in [0.3, 0.4) is 0 Å². The fourth-order valence-corrected chi connectivity index (χ4v) is 4.52. The third-order valence-corrected chi connectivity index (χ3v) is 5.73. The first-order chi connectivity index (χ1) is 11.1. The second-order valence-electron chi connectivity index (χ2n) is 7.31. The molecule has 3 aliphatic carbocycles. The summed E-state index contributed by atoms with van der Waals surface area (Å²) in [6.45, 7) is 2.08. The summed E-state index contributed by atoms with van der Waals surface area (Å²) in [5.41, 5.74) is 5.05. The SMILES string of the molecule is COc1ccc(C23CC(c4nc5ccc(C)cc5o4)(C2)C3)cc1. The van der Waals surface area contributed by atoms with Crippen molar-refractivity contribution < 1.29 is 9.15 Å². The van der Waals surface area contributed by atoms with Gasteiger partial charge in [0.1, 0.15) is 11.3 Å². The van der Waals surface area contributed by atoms with Gasteiger partial charge < -0.3 is 9.15 Å². The van der Waals surface area contributed by atoms with Gasteiger partial charge in [0.15, 0.2) is 5.58 Å². The van der Waals surface area contributed by atoms with Crippen molar-refractivity contribution >= 4 is 11.1 Å². The third-order valence-electron chi connectivity index (χ3n) is 5.73. The Labute approximate surface area is 135 Å². The van der Waals surface area contributed by atoms with Crippen molar-refractivity contribution in [2.45, 2.75) is 37.0 Å². The molecule has 0 saturated heterocycles. The van der Waals surface area contributed by atoms with Gasteiger partial charge in [-0.05, 0) is 67.0 Å². The third kappa shape index (κ3) is 1.68. The summed E-state index contributed by atoms with van der Waals surface area (Å²) in [7, 11) is 1.71. The van der Waals surface area contributed by atoms with Crippen LogP contribution in [-0.4, -0.2) is 12.1 Å². The number of fused-ring (bicyclic) bond motifs is 1. The maximum absolute atomic E-state index is 6.08. The Morgan fingerprint density at radius 1 is 1.00 bits per heavy atom. The molecule has 0 radical (unpaired) electrons. The number of methoxy groups -OCH3 is 1. The van der Waals surface area contributed by atoms with Gasteiger partial charge in [-0.25, -0.2) is 4.98 Å². The van der Waals surface area contributed by atoms with Crippen molar-refractivity contribution in [1.29, 1.82) is 0 Å². The normalized spacial score (nSPS) is 28.3. The first kappa shape index (κ1) is 13.2. The Balaban J connectivity index is 1.42. The number of oxazole rings is 1. The van der Waals surface area contributed by atoms with Gasteiger partial charge >= 0.3 is 0 Å². The second kappa shape index (κ2) is 4.16. The maximum Gasteiger partial charge on any atom is 0.201 e. The van der Waals surface area contributed by atoms with Crippen LogP contribution >= 0.6 is 0 Å². The average Bonchev–Trinajstić information content (AvgIpc) is 2.88. The predicted octanol–water partition coefficient (Wildman–Crippen LogP) is 4.52. The van der Waals surface area contributed by atoms with E-state index in [1.807, 2.05) is 0 Å². The van der Waals surface area contributed by atoms with Crippen LogP contribution in [-0.2, 0) is 10.8 Å². The molecule has 3 nitrogen and oxygen atoms in total. The fraction of sp³-hybridized carbons (Fsp3) is 0.350. The van der Waals surface area contributed by atoms with Crippen LogP contribution in [0, 0.1) is 6.92 Å². The Bertz CT molecular complexity index is 887. The van der Waals surface area contributed by atoms with E-state index in [1.54, 1.807) is 7.11 Å². The van der Waals surface area contributed by atoms with Gasteiger partial charge in [0.2, 0.25) is 5.89 Å². The van der Waals surface area contributed by atoms with Crippen molar-refractivity contribution in [1.82, 2.24) is 4.98 Å². The molecule has 1 aromatic heterocycles. The fourth-order valence-electron chi connectivity index (χ4n) is 4.52. The topological polar surface area (TPSA) is 35.3 Å². The molecule has 6 rings (SSSR count). The molecule has 3 aliphatic rings. The van der Waals surface area contributed by atoms with Crippen molar-refractivity contribution in [3.05, 3.63) is 59.5 Å². The lowest BCUT2D eigenvalue weighted by Crippen LogP contribution is -2.67. The minimum absolute atomic E-state index is 0.173. The summed E-state index contributed by atoms with van der Waals surface area (Å²) in [5.74, 6) is 1.86. The van der Waals surface area contributed by atoms with E-state index in [2.05, 4.69) is 49.4 Å². The number of rotatable bonds is 3. The highest BCUT2D eigenvalue weighted by atomic mass is 16.5. The minimum atomic E-state index is 0.173. The molecule has 0 unspecified atom stereocenters. The van der Waals surface area contributed by atoms with Crippen LogP contribution in [0.5, 0.6) is 5.75 Å². The zero-order valence-corrected chi connectivity index (χ0v) is 13.4. The molecule has 0 amide bonds. The molecule has 23 heavy (non-hydrogen) atoms. The van der Waals surface area contributed by atoms with Gasteiger partial charge in [0.05, 0.1) is 7.11 Å². The van der Waals surface area contributed by atoms with Crippen LogP contribution in [0.1, 0.15) is 36.3 Å². The predicted molar refractivity (Wildman–Crippen MR) is 88.9 cm³/mol. The summed E-state index contributed by atoms with van der Waals surface area (Å²) < 4.78 is 11.3. The van der Waals surface area contributed by atoms with Crippen molar-refractivity contribution in [2.24, 2.45) is 0 Å². The van der Waals surface area contributed by atoms with Crippen molar-refractivity contribution in [3.8, 4) is 5.75 Å². The van der Waals surface area contributed by atoms with E-state index in [9.17, 15) is 0 Å². The first-order valence-electron chi connectivity index (χ1n) is 8.15. The summed E-state index contributed by atoms with van der Waals surface area (Å²) in [6, 6.07) is 14.8. The molecule has 2 aromatic carbocycles. The van der Waals surface area contributed by atoms with E-state index >= 15 is 0 Å². The van der Waals surface area contributed by atoms with Crippen LogP contribution in [0.15, 0.2) is 46.9 Å². The zero-order chi connectivity index (χ0) is 15.7. The molecule has 3 fully saturated rings. The van der Waals surface area contributed by atoms with E-state index in [1.165, 1.54) is 11.1 Å². The quantitative estimate of drug-likeness (QED) is 0.713. The maximum atomic E-state index is 6.08. The monoisotopic (exact) mass is 305 g/mol. The van der Waals surface area contributed by atoms with Crippen LogP contribution in [0.2, 0.25) is 0 Å². The summed E-state index contributed by atoms with van der Waals surface area (Å²) in [6.07, 6.45) is 3.45. The second-order valence-corrected chi connectivity index (χ2v) is 7.31. The number of aryl methyl sites for hydroxylation is 1. The molecular formula is C20H19NO2. The molecular weight excluding hydrogens is 286 g/mol. The largest absolute Gasteiger partial charge is 0.497 e. The standard InChI is InChI=1S/C20H19NO2/c1-13-3-8-16-17(9-13)23-18(21-16)20-10-19(11-20,12-20)14-4-6-15(22-2)7-5-14/h3-9H,10-12H2,1-2H3. The lowest BCUT2D eigenvalue weighted by molar-refractivity contribution is -0.0857. The summed E-state index contributed by atoms with van der Waals surface area (Å²) in [4.78, 5) is 4.75. The number of hydrogen-bond acceptors (Lipinski definition) is 3. The number of aromatic nitrogens is 1. The number of ether oxygens (including phenoxy) is 1. The number of benzene rings is 2. The van der Waals surface area contributed by atoms with Gasteiger partial charge in [0.25, 0.3) is 0 Å². The van der Waals surface area contributed by atoms with Crippen LogP contribution in [0.25, 0.3) is 11.1 Å². The lowest BCUT2D eigenvalue weighted by atomic mass is 9.33. The average molecular weight is 305 g/mol. The van der Waals surface area contributed by atoms with Gasteiger partial charge in [0, 0.05) is 5.41 Å². The van der Waals surface area contributed by atoms with Gasteiger partial charge in [-0.2, -0.15) is 0 Å².